The van der Waals surface area contributed by atoms with Crippen LogP contribution in [0.15, 0.2) is 36.5 Å². The molecule has 0 bridgehead atoms. The summed E-state index contributed by atoms with van der Waals surface area (Å²) in [5, 5.41) is 0.154. The van der Waals surface area contributed by atoms with E-state index in [9.17, 15) is 18.0 Å². The van der Waals surface area contributed by atoms with Gasteiger partial charge in [-0.25, -0.2) is 0 Å². The molecule has 3 atom stereocenters. The molecule has 1 aromatic heterocycles. The number of aryl methyl sites for hydroxylation is 1. The second kappa shape index (κ2) is 6.71. The van der Waals surface area contributed by atoms with Crippen LogP contribution >= 0.6 is 23.4 Å². The number of amides is 1. The largest absolute Gasteiger partial charge is 0.433 e. The lowest BCUT2D eigenvalue weighted by Crippen LogP contribution is -2.30. The third-order valence-corrected chi connectivity index (χ3v) is 6.73. The summed E-state index contributed by atoms with van der Waals surface area (Å²) in [4.78, 5) is 17.9. The fourth-order valence-electron chi connectivity index (χ4n) is 3.94. The van der Waals surface area contributed by atoms with Gasteiger partial charge in [-0.3, -0.25) is 9.78 Å². The van der Waals surface area contributed by atoms with Crippen LogP contribution in [0, 0.1) is 6.92 Å². The van der Waals surface area contributed by atoms with E-state index in [4.69, 9.17) is 11.6 Å². The minimum atomic E-state index is -4.50. The average Bonchev–Trinajstić information content (AvgIpc) is 3.18. The molecule has 1 aromatic carbocycles. The number of pyridine rings is 1. The molecule has 2 aliphatic rings. The predicted octanol–water partition coefficient (Wildman–Crippen LogP) is 6.18. The summed E-state index contributed by atoms with van der Waals surface area (Å²) in [6.45, 7) is 1.96. The van der Waals surface area contributed by atoms with Crippen molar-refractivity contribution >= 4 is 28.6 Å². The number of hydrogen-bond donors (Lipinski definition) is 0. The first-order chi connectivity index (χ1) is 12.8. The number of carbonyl (C=O) groups excluding carboxylic acids is 1. The molecule has 0 spiro atoms. The summed E-state index contributed by atoms with van der Waals surface area (Å²) in [6, 6.07) is 8.05. The Bertz CT molecular complexity index is 905. The van der Waals surface area contributed by atoms with Gasteiger partial charge in [0.15, 0.2) is 0 Å². The number of nitrogens with zero attached hydrogens (tertiary/aromatic N) is 2. The van der Waals surface area contributed by atoms with Gasteiger partial charge in [-0.15, -0.1) is 0 Å². The highest BCUT2D eigenvalue weighted by molar-refractivity contribution is 8.14. The van der Waals surface area contributed by atoms with E-state index >= 15 is 0 Å². The highest BCUT2D eigenvalue weighted by Gasteiger charge is 2.49. The second-order valence-electron chi connectivity index (χ2n) is 6.87. The fraction of sp³-hybridized carbons (Fsp3) is 0.368. The first-order valence-electron chi connectivity index (χ1n) is 8.54. The zero-order chi connectivity index (χ0) is 19.3. The van der Waals surface area contributed by atoms with Crippen LogP contribution in [0.3, 0.4) is 0 Å². The number of hydrogen-bond acceptors (Lipinski definition) is 3. The highest BCUT2D eigenvalue weighted by Crippen LogP contribution is 2.54. The van der Waals surface area contributed by atoms with Gasteiger partial charge in [0, 0.05) is 17.3 Å². The predicted molar refractivity (Wildman–Crippen MR) is 98.8 cm³/mol. The van der Waals surface area contributed by atoms with Gasteiger partial charge in [0.2, 0.25) is 0 Å². The van der Waals surface area contributed by atoms with E-state index in [-0.39, 0.29) is 22.6 Å². The Hall–Kier alpha value is -1.73. The number of halogens is 4. The van der Waals surface area contributed by atoms with Crippen LogP contribution < -0.4 is 0 Å². The van der Waals surface area contributed by atoms with Gasteiger partial charge >= 0.3 is 6.18 Å². The molecule has 3 nitrogen and oxygen atoms in total. The van der Waals surface area contributed by atoms with E-state index in [1.165, 1.54) is 0 Å². The van der Waals surface area contributed by atoms with E-state index in [0.717, 1.165) is 48.0 Å². The maximum atomic E-state index is 13.0. The second-order valence-corrected chi connectivity index (χ2v) is 8.37. The molecule has 3 heterocycles. The van der Waals surface area contributed by atoms with E-state index in [1.54, 1.807) is 11.0 Å². The molecular formula is C19H16ClF3N2OS. The Morgan fingerprint density at radius 3 is 2.74 bits per heavy atom. The summed E-state index contributed by atoms with van der Waals surface area (Å²) in [5.74, 6) is 0. The van der Waals surface area contributed by atoms with Crippen molar-refractivity contribution in [2.24, 2.45) is 0 Å². The Morgan fingerprint density at radius 2 is 2.00 bits per heavy atom. The molecule has 2 fully saturated rings. The normalized spacial score (nSPS) is 25.1. The molecule has 27 heavy (non-hydrogen) atoms. The number of rotatable bonds is 2. The molecule has 4 rings (SSSR count). The molecule has 2 aliphatic heterocycles. The lowest BCUT2D eigenvalue weighted by molar-refractivity contribution is -0.141. The Morgan fingerprint density at radius 1 is 1.22 bits per heavy atom. The average molecular weight is 413 g/mol. The first kappa shape index (κ1) is 18.6. The van der Waals surface area contributed by atoms with Gasteiger partial charge in [0.1, 0.15) is 5.69 Å². The van der Waals surface area contributed by atoms with Crippen LogP contribution in [0.5, 0.6) is 0 Å². The molecule has 0 saturated carbocycles. The molecule has 0 radical (unpaired) electrons. The summed E-state index contributed by atoms with van der Waals surface area (Å²) in [6.07, 6.45) is -1.87. The summed E-state index contributed by atoms with van der Waals surface area (Å²) in [5.41, 5.74) is 1.51. The fourth-order valence-corrected chi connectivity index (χ4v) is 5.49. The van der Waals surface area contributed by atoms with Crippen LogP contribution in [0.25, 0.3) is 0 Å². The number of aromatic nitrogens is 1. The minimum Gasteiger partial charge on any atom is -0.322 e. The van der Waals surface area contributed by atoms with Gasteiger partial charge in [-0.2, -0.15) is 13.2 Å². The quantitative estimate of drug-likeness (QED) is 0.590. The Kier molecular flexibility index (Phi) is 4.63. The maximum absolute atomic E-state index is 13.0. The summed E-state index contributed by atoms with van der Waals surface area (Å²) in [7, 11) is 0. The lowest BCUT2D eigenvalue weighted by Gasteiger charge is -2.26. The highest BCUT2D eigenvalue weighted by atomic mass is 35.5. The summed E-state index contributed by atoms with van der Waals surface area (Å²) < 4.78 is 39.0. The first-order valence-corrected chi connectivity index (χ1v) is 9.79. The molecule has 8 heteroatoms. The third-order valence-electron chi connectivity index (χ3n) is 5.13. The van der Waals surface area contributed by atoms with Gasteiger partial charge in [-0.1, -0.05) is 41.1 Å². The van der Waals surface area contributed by atoms with Gasteiger partial charge in [0.25, 0.3) is 5.24 Å². The molecule has 0 aliphatic carbocycles. The van der Waals surface area contributed by atoms with E-state index in [2.05, 4.69) is 4.98 Å². The third kappa shape index (κ3) is 3.31. The SMILES string of the molecule is Cc1ccc(Cl)c([C@@H]2CC[C@H]3[C@@H](c4ccnc(C(F)(F)F)c4)SC(=O)N23)c1. The smallest absolute Gasteiger partial charge is 0.322 e. The standard InChI is InChI=1S/C19H16ClF3N2OS/c1-10-2-3-13(20)12(8-10)14-4-5-15-17(27-18(26)25(14)15)11-6-7-24-16(9-11)19(21,22)23/h2-3,6-9,14-15,17H,4-5H2,1H3/t14-,15-,17+/m0/s1. The van der Waals surface area contributed by atoms with Crippen molar-refractivity contribution in [3.63, 3.8) is 0 Å². The van der Waals surface area contributed by atoms with Crippen molar-refractivity contribution in [1.29, 1.82) is 0 Å². The molecule has 0 unspecified atom stereocenters. The van der Waals surface area contributed by atoms with Gasteiger partial charge in [0.05, 0.1) is 11.3 Å². The number of benzene rings is 1. The topological polar surface area (TPSA) is 33.2 Å². The van der Waals surface area contributed by atoms with Crippen molar-refractivity contribution in [2.75, 3.05) is 0 Å². The van der Waals surface area contributed by atoms with Gasteiger partial charge < -0.3 is 4.90 Å². The molecule has 142 valence electrons. The zero-order valence-electron chi connectivity index (χ0n) is 14.3. The maximum Gasteiger partial charge on any atom is 0.433 e. The molecule has 0 N–H and O–H groups in total. The van der Waals surface area contributed by atoms with Crippen molar-refractivity contribution in [2.45, 2.75) is 43.3 Å². The lowest BCUT2D eigenvalue weighted by atomic mass is 10.0. The van der Waals surface area contributed by atoms with Crippen LogP contribution in [0.4, 0.5) is 18.0 Å². The van der Waals surface area contributed by atoms with Crippen LogP contribution in [-0.2, 0) is 6.18 Å². The van der Waals surface area contributed by atoms with Gasteiger partial charge in [-0.05, 0) is 49.1 Å². The zero-order valence-corrected chi connectivity index (χ0v) is 15.9. The molecular weight excluding hydrogens is 397 g/mol. The van der Waals surface area contributed by atoms with Crippen molar-refractivity contribution in [1.82, 2.24) is 9.88 Å². The number of fused-ring (bicyclic) bond motifs is 1. The van der Waals surface area contributed by atoms with Crippen LogP contribution in [0.2, 0.25) is 5.02 Å². The Balaban J connectivity index is 1.66. The van der Waals surface area contributed by atoms with E-state index in [1.807, 2.05) is 25.1 Å². The number of alkyl halides is 3. The molecule has 2 saturated heterocycles. The monoisotopic (exact) mass is 412 g/mol. The van der Waals surface area contributed by atoms with Crippen molar-refractivity contribution < 1.29 is 18.0 Å². The van der Waals surface area contributed by atoms with Crippen LogP contribution in [-0.4, -0.2) is 21.2 Å². The van der Waals surface area contributed by atoms with Crippen molar-refractivity contribution in [3.8, 4) is 0 Å². The minimum absolute atomic E-state index is 0.115. The van der Waals surface area contributed by atoms with E-state index in [0.29, 0.717) is 10.6 Å². The number of thioether (sulfide) groups is 1. The molecule has 2 aromatic rings. The van der Waals surface area contributed by atoms with Crippen LogP contribution in [0.1, 0.15) is 46.5 Å². The van der Waals surface area contributed by atoms with Crippen molar-refractivity contribution in [3.05, 3.63) is 63.9 Å². The Labute approximate surface area is 163 Å². The number of carbonyl (C=O) groups is 1. The summed E-state index contributed by atoms with van der Waals surface area (Å²) >= 11 is 7.45. The van der Waals surface area contributed by atoms with E-state index < -0.39 is 11.9 Å². The molecule has 1 amide bonds.